The van der Waals surface area contributed by atoms with Gasteiger partial charge < -0.3 is 33.9 Å². The molecule has 0 radical (unpaired) electrons. The number of nitrogens with one attached hydrogen (secondary N) is 1. The lowest BCUT2D eigenvalue weighted by Crippen LogP contribution is -2.57. The zero-order valence-corrected chi connectivity index (χ0v) is 17.1. The zero-order chi connectivity index (χ0) is 20.8. The molecule has 0 aliphatic carbocycles. The molecule has 5 rings (SSSR count). The van der Waals surface area contributed by atoms with E-state index in [1.807, 2.05) is 29.9 Å². The molecule has 0 spiro atoms. The van der Waals surface area contributed by atoms with E-state index in [4.69, 9.17) is 18.9 Å². The monoisotopic (exact) mass is 415 g/mol. The van der Waals surface area contributed by atoms with Crippen molar-refractivity contribution in [2.45, 2.75) is 37.1 Å². The average molecular weight is 415 g/mol. The number of aromatic nitrogens is 4. The lowest BCUT2D eigenvalue weighted by atomic mass is 9.95. The van der Waals surface area contributed by atoms with E-state index in [9.17, 15) is 5.11 Å². The Kier molecular flexibility index (Phi) is 4.86. The molecule has 2 aromatic heterocycles. The van der Waals surface area contributed by atoms with E-state index in [0.717, 1.165) is 16.6 Å². The zero-order valence-electron chi connectivity index (χ0n) is 17.1. The van der Waals surface area contributed by atoms with Crippen molar-refractivity contribution in [3.63, 3.8) is 0 Å². The van der Waals surface area contributed by atoms with E-state index >= 15 is 0 Å². The Morgan fingerprint density at radius 2 is 2.07 bits per heavy atom. The summed E-state index contributed by atoms with van der Waals surface area (Å²) in [6, 6.07) is 2.91. The second-order valence-electron chi connectivity index (χ2n) is 7.63. The van der Waals surface area contributed by atoms with Gasteiger partial charge in [0.15, 0.2) is 17.8 Å². The summed E-state index contributed by atoms with van der Waals surface area (Å²) in [4.78, 5) is 4.49. The summed E-state index contributed by atoms with van der Waals surface area (Å²) in [6.07, 6.45) is 3.93. The molecule has 3 aromatic rings. The Morgan fingerprint density at radius 1 is 1.27 bits per heavy atom. The van der Waals surface area contributed by atoms with Crippen LogP contribution in [0.2, 0.25) is 0 Å². The van der Waals surface area contributed by atoms with Gasteiger partial charge in [-0.15, -0.1) is 0 Å². The van der Waals surface area contributed by atoms with Gasteiger partial charge in [-0.25, -0.2) is 4.98 Å². The topological polar surface area (TPSA) is 105 Å². The van der Waals surface area contributed by atoms with Gasteiger partial charge in [0.1, 0.15) is 12.1 Å². The number of aliphatic hydroxyl groups is 1. The maximum Gasteiger partial charge on any atom is 0.181 e. The highest BCUT2D eigenvalue weighted by Crippen LogP contribution is 2.39. The molecule has 0 saturated carbocycles. The molecule has 2 saturated heterocycles. The Balaban J connectivity index is 1.46. The number of methoxy groups -OCH3 is 2. The number of hydrogen-bond donors (Lipinski definition) is 2. The summed E-state index contributed by atoms with van der Waals surface area (Å²) >= 11 is 0. The van der Waals surface area contributed by atoms with Crippen molar-refractivity contribution in [1.29, 1.82) is 0 Å². The van der Waals surface area contributed by atoms with Crippen LogP contribution in [0.15, 0.2) is 30.9 Å². The highest BCUT2D eigenvalue weighted by atomic mass is 16.7. The Bertz CT molecular complexity index is 1050. The smallest absolute Gasteiger partial charge is 0.181 e. The van der Waals surface area contributed by atoms with Crippen molar-refractivity contribution in [2.75, 3.05) is 20.8 Å². The first-order valence-electron chi connectivity index (χ1n) is 9.83. The van der Waals surface area contributed by atoms with Gasteiger partial charge in [0.25, 0.3) is 0 Å². The first kappa shape index (κ1) is 19.3. The summed E-state index contributed by atoms with van der Waals surface area (Å²) in [5.41, 5.74) is 2.58. The van der Waals surface area contributed by atoms with Crippen LogP contribution in [-0.4, -0.2) is 69.8 Å². The minimum absolute atomic E-state index is 0.220. The number of imidazole rings is 1. The second-order valence-corrected chi connectivity index (χ2v) is 7.63. The number of fused-ring (bicyclic) bond motifs is 3. The maximum absolute atomic E-state index is 11.3. The predicted octanol–water partition coefficient (Wildman–Crippen LogP) is 0.603. The number of rotatable bonds is 6. The molecule has 0 unspecified atom stereocenters. The number of nitrogens with zero attached hydrogens (tertiary/aromatic N) is 4. The number of ether oxygens (including phenoxy) is 4. The van der Waals surface area contributed by atoms with Gasteiger partial charge in [0.05, 0.1) is 56.5 Å². The molecule has 2 aliphatic rings. The molecule has 30 heavy (non-hydrogen) atoms. The van der Waals surface area contributed by atoms with Crippen LogP contribution in [0.5, 0.6) is 11.5 Å². The number of hydrogen-bond acceptors (Lipinski definition) is 8. The third-order valence-corrected chi connectivity index (χ3v) is 5.83. The fourth-order valence-corrected chi connectivity index (χ4v) is 4.34. The van der Waals surface area contributed by atoms with Gasteiger partial charge >= 0.3 is 0 Å². The van der Waals surface area contributed by atoms with Crippen molar-refractivity contribution in [3.05, 3.63) is 36.4 Å². The molecule has 2 bridgehead atoms. The molecule has 2 N–H and O–H groups in total. The number of aliphatic hydroxyl groups excluding tert-OH is 1. The van der Waals surface area contributed by atoms with Crippen molar-refractivity contribution in [3.8, 4) is 11.5 Å². The molecular weight excluding hydrogens is 390 g/mol. The van der Waals surface area contributed by atoms with Crippen LogP contribution in [0.25, 0.3) is 11.0 Å². The SMILES string of the molecule is COc1cc2ncn([C@H]3[C@@H]4OC[C@@H](O4)[C@@H](NCc4cnn(C)c4)[C@@H]3O)c2cc1OC. The lowest BCUT2D eigenvalue weighted by Gasteiger charge is -2.39. The third kappa shape index (κ3) is 3.12. The minimum atomic E-state index is -0.738. The van der Waals surface area contributed by atoms with E-state index in [0.29, 0.717) is 24.7 Å². The van der Waals surface area contributed by atoms with E-state index in [-0.39, 0.29) is 12.1 Å². The van der Waals surface area contributed by atoms with Gasteiger partial charge in [-0.3, -0.25) is 4.68 Å². The second kappa shape index (κ2) is 7.55. The molecule has 160 valence electrons. The Morgan fingerprint density at radius 3 is 2.80 bits per heavy atom. The van der Waals surface area contributed by atoms with Gasteiger partial charge in [-0.2, -0.15) is 5.10 Å². The molecule has 10 heteroatoms. The molecule has 2 aliphatic heterocycles. The quantitative estimate of drug-likeness (QED) is 0.603. The van der Waals surface area contributed by atoms with Crippen LogP contribution in [-0.2, 0) is 23.1 Å². The summed E-state index contributed by atoms with van der Waals surface area (Å²) in [5.74, 6) is 1.19. The third-order valence-electron chi connectivity index (χ3n) is 5.83. The summed E-state index contributed by atoms with van der Waals surface area (Å²) < 4.78 is 26.4. The van der Waals surface area contributed by atoms with Crippen LogP contribution < -0.4 is 14.8 Å². The Hall–Kier alpha value is -2.66. The fraction of sp³-hybridized carbons (Fsp3) is 0.500. The molecule has 2 fully saturated rings. The van der Waals surface area contributed by atoms with E-state index < -0.39 is 18.4 Å². The molecule has 5 atom stereocenters. The Labute approximate surface area is 173 Å². The predicted molar refractivity (Wildman–Crippen MR) is 106 cm³/mol. The summed E-state index contributed by atoms with van der Waals surface area (Å²) in [5, 5.41) is 18.9. The molecular formula is C20H25N5O5. The van der Waals surface area contributed by atoms with Crippen molar-refractivity contribution >= 4 is 11.0 Å². The largest absolute Gasteiger partial charge is 0.493 e. The van der Waals surface area contributed by atoms with Crippen LogP contribution in [0, 0.1) is 0 Å². The first-order chi connectivity index (χ1) is 14.6. The van der Waals surface area contributed by atoms with Crippen molar-refractivity contribution in [1.82, 2.24) is 24.6 Å². The standard InChI is InChI=1S/C20H25N5O5/c1-24-8-11(7-23-24)6-21-17-16-9-29-20(30-16)18(19(17)26)25-10-22-12-4-14(27-2)15(28-3)5-13(12)25/h4-5,7-8,10,16-21,26H,6,9H2,1-3H3/t16-,17-,18-,19+,20-/m1/s1. The normalized spacial score (nSPS) is 28.2. The molecule has 4 heterocycles. The summed E-state index contributed by atoms with van der Waals surface area (Å²) in [6.45, 7) is 0.995. The number of aryl methyl sites for hydroxylation is 1. The minimum Gasteiger partial charge on any atom is -0.493 e. The first-order valence-corrected chi connectivity index (χ1v) is 9.83. The lowest BCUT2D eigenvalue weighted by molar-refractivity contribution is -0.164. The van der Waals surface area contributed by atoms with Gasteiger partial charge in [0, 0.05) is 37.5 Å². The van der Waals surface area contributed by atoms with Crippen LogP contribution >= 0.6 is 0 Å². The van der Waals surface area contributed by atoms with E-state index in [1.54, 1.807) is 31.4 Å². The average Bonchev–Trinajstić information content (AvgIpc) is 3.47. The molecule has 1 aromatic carbocycles. The van der Waals surface area contributed by atoms with Crippen LogP contribution in [0.4, 0.5) is 0 Å². The van der Waals surface area contributed by atoms with E-state index in [1.165, 1.54) is 0 Å². The fourth-order valence-electron chi connectivity index (χ4n) is 4.34. The van der Waals surface area contributed by atoms with Crippen LogP contribution in [0.1, 0.15) is 11.6 Å². The highest BCUT2D eigenvalue weighted by Gasteiger charge is 2.51. The van der Waals surface area contributed by atoms with Crippen molar-refractivity contribution in [2.24, 2.45) is 7.05 Å². The molecule has 10 nitrogen and oxygen atoms in total. The summed E-state index contributed by atoms with van der Waals surface area (Å²) in [7, 11) is 5.05. The number of benzene rings is 1. The van der Waals surface area contributed by atoms with Crippen LogP contribution in [0.3, 0.4) is 0 Å². The van der Waals surface area contributed by atoms with Crippen molar-refractivity contribution < 1.29 is 24.1 Å². The van der Waals surface area contributed by atoms with E-state index in [2.05, 4.69) is 15.4 Å². The van der Waals surface area contributed by atoms with Gasteiger partial charge in [-0.1, -0.05) is 0 Å². The van der Waals surface area contributed by atoms with Gasteiger partial charge in [-0.05, 0) is 0 Å². The maximum atomic E-state index is 11.3. The highest BCUT2D eigenvalue weighted by molar-refractivity contribution is 5.80. The van der Waals surface area contributed by atoms with Gasteiger partial charge in [0.2, 0.25) is 0 Å². The molecule has 0 amide bonds.